The van der Waals surface area contributed by atoms with E-state index in [2.05, 4.69) is 21.3 Å². The molecule has 14 nitrogen and oxygen atoms in total. The fraction of sp³-hybridized carbons (Fsp3) is 0.378. The molecule has 14 heteroatoms. The molecule has 3 atom stereocenters. The zero-order chi connectivity index (χ0) is 43.2. The molecule has 0 heterocycles. The van der Waals surface area contributed by atoms with Gasteiger partial charge in [-0.25, -0.2) is 4.79 Å². The van der Waals surface area contributed by atoms with Gasteiger partial charge >= 0.3 is 18.0 Å². The largest absolute Gasteiger partial charge is 0.497 e. The molecule has 314 valence electrons. The van der Waals surface area contributed by atoms with Crippen LogP contribution < -0.4 is 26.0 Å². The number of rotatable bonds is 17. The van der Waals surface area contributed by atoms with Crippen LogP contribution in [0.5, 0.6) is 5.75 Å². The smallest absolute Gasteiger partial charge is 0.408 e. The van der Waals surface area contributed by atoms with Gasteiger partial charge in [0, 0.05) is 24.6 Å². The summed E-state index contributed by atoms with van der Waals surface area (Å²) in [5.41, 5.74) is 0.0384. The molecule has 4 aromatic carbocycles. The maximum Gasteiger partial charge on any atom is 0.408 e. The van der Waals surface area contributed by atoms with Gasteiger partial charge < -0.3 is 40.2 Å². The Hall–Kier alpha value is -6.44. The average molecular weight is 811 g/mol. The summed E-state index contributed by atoms with van der Waals surface area (Å²) in [4.78, 5) is 81.2. The minimum atomic E-state index is -1.59. The summed E-state index contributed by atoms with van der Waals surface area (Å²) in [6.07, 6.45) is -1.98. The van der Waals surface area contributed by atoms with Crippen LogP contribution in [0.3, 0.4) is 0 Å². The number of amides is 4. The van der Waals surface area contributed by atoms with Gasteiger partial charge in [-0.05, 0) is 82.0 Å². The number of fused-ring (bicyclic) bond motifs is 1. The van der Waals surface area contributed by atoms with Crippen molar-refractivity contribution in [3.63, 3.8) is 0 Å². The first kappa shape index (κ1) is 45.3. The SMILES string of the molecule is COc1cccc(NC(=O)[C@H](CCC(=O)OC(C)(C)C)NC(=O)[C@H](CC(=O)OC(C)(C)C)NC(=O)[C@H](Cc2ccc3ccccc3c2)NC(=O)OCc2ccccc2)c1. The van der Waals surface area contributed by atoms with Gasteiger partial charge in [-0.3, -0.25) is 24.0 Å². The topological polar surface area (TPSA) is 187 Å². The van der Waals surface area contributed by atoms with Crippen LogP contribution in [0.4, 0.5) is 10.5 Å². The van der Waals surface area contributed by atoms with Crippen LogP contribution in [-0.2, 0) is 51.2 Å². The lowest BCUT2D eigenvalue weighted by atomic mass is 10.0. The number of nitrogens with one attached hydrogen (secondary N) is 4. The first-order chi connectivity index (χ1) is 27.9. The van der Waals surface area contributed by atoms with Crippen molar-refractivity contribution in [2.75, 3.05) is 12.4 Å². The summed E-state index contributed by atoms with van der Waals surface area (Å²) in [6.45, 7) is 10.00. The zero-order valence-electron chi connectivity index (χ0n) is 34.6. The lowest BCUT2D eigenvalue weighted by molar-refractivity contribution is -0.156. The highest BCUT2D eigenvalue weighted by atomic mass is 16.6. The van der Waals surface area contributed by atoms with Crippen LogP contribution in [0.1, 0.15) is 71.9 Å². The van der Waals surface area contributed by atoms with Crippen molar-refractivity contribution in [2.24, 2.45) is 0 Å². The van der Waals surface area contributed by atoms with Crippen LogP contribution >= 0.6 is 0 Å². The van der Waals surface area contributed by atoms with Gasteiger partial charge in [-0.1, -0.05) is 78.9 Å². The molecule has 0 aromatic heterocycles. The molecule has 0 aliphatic carbocycles. The summed E-state index contributed by atoms with van der Waals surface area (Å²) in [5.74, 6) is -3.38. The molecular weight excluding hydrogens is 757 g/mol. The van der Waals surface area contributed by atoms with Crippen molar-refractivity contribution in [1.82, 2.24) is 16.0 Å². The molecule has 4 aromatic rings. The van der Waals surface area contributed by atoms with E-state index in [1.165, 1.54) is 7.11 Å². The monoisotopic (exact) mass is 810 g/mol. The van der Waals surface area contributed by atoms with E-state index in [-0.39, 0.29) is 25.9 Å². The number of esters is 2. The number of ether oxygens (including phenoxy) is 4. The molecule has 4 rings (SSSR count). The third-order valence-corrected chi connectivity index (χ3v) is 8.53. The van der Waals surface area contributed by atoms with E-state index in [9.17, 15) is 28.8 Å². The Balaban J connectivity index is 1.62. The van der Waals surface area contributed by atoms with Crippen molar-refractivity contribution in [3.05, 3.63) is 108 Å². The fourth-order valence-electron chi connectivity index (χ4n) is 5.88. The van der Waals surface area contributed by atoms with Gasteiger partial charge in [0.15, 0.2) is 0 Å². The number of alkyl carbamates (subject to hydrolysis) is 1. The van der Waals surface area contributed by atoms with Crippen LogP contribution in [0.25, 0.3) is 10.8 Å². The third-order valence-electron chi connectivity index (χ3n) is 8.53. The van der Waals surface area contributed by atoms with E-state index in [4.69, 9.17) is 18.9 Å². The Morgan fingerprint density at radius 1 is 0.593 bits per heavy atom. The molecule has 0 aliphatic heterocycles. The standard InChI is InChI=1S/C45H54N4O10/c1-44(2,3)58-38(50)23-22-35(40(52)46-33-18-13-19-34(26-33)56-7)47-42(54)37(27-39(51)59-45(4,5)6)48-41(53)36(49-43(55)57-28-29-14-9-8-10-15-29)25-30-20-21-31-16-11-12-17-32(31)24-30/h8-21,24,26,35-37H,22-23,25,27-28H2,1-7H3,(H,46,52)(H,47,54)(H,48,53)(H,49,55)/t35-,36-,37-/m0/s1. The highest BCUT2D eigenvalue weighted by Crippen LogP contribution is 2.20. The lowest BCUT2D eigenvalue weighted by Crippen LogP contribution is -2.57. The summed E-state index contributed by atoms with van der Waals surface area (Å²) >= 11 is 0. The van der Waals surface area contributed by atoms with E-state index in [0.29, 0.717) is 17.0 Å². The van der Waals surface area contributed by atoms with Crippen molar-refractivity contribution in [2.45, 2.75) is 103 Å². The van der Waals surface area contributed by atoms with Crippen molar-refractivity contribution in [1.29, 1.82) is 0 Å². The Kier molecular flexibility index (Phi) is 16.0. The second-order valence-corrected chi connectivity index (χ2v) is 15.9. The van der Waals surface area contributed by atoms with E-state index < -0.39 is 71.5 Å². The predicted molar refractivity (Wildman–Crippen MR) is 222 cm³/mol. The molecule has 0 saturated carbocycles. The van der Waals surface area contributed by atoms with E-state index in [1.807, 2.05) is 48.5 Å². The molecule has 0 bridgehead atoms. The van der Waals surface area contributed by atoms with Crippen LogP contribution in [0.2, 0.25) is 0 Å². The summed E-state index contributed by atoms with van der Waals surface area (Å²) in [7, 11) is 1.47. The number of methoxy groups -OCH3 is 1. The Morgan fingerprint density at radius 2 is 1.22 bits per heavy atom. The van der Waals surface area contributed by atoms with E-state index in [1.54, 1.807) is 90.1 Å². The molecule has 0 saturated heterocycles. The number of hydrogen-bond acceptors (Lipinski definition) is 10. The van der Waals surface area contributed by atoms with E-state index >= 15 is 0 Å². The molecular formula is C45H54N4O10. The molecule has 4 N–H and O–H groups in total. The molecule has 0 radical (unpaired) electrons. The Morgan fingerprint density at radius 3 is 1.90 bits per heavy atom. The summed E-state index contributed by atoms with van der Waals surface area (Å²) in [5, 5.41) is 12.5. The predicted octanol–water partition coefficient (Wildman–Crippen LogP) is 6.15. The summed E-state index contributed by atoms with van der Waals surface area (Å²) < 4.78 is 21.6. The van der Waals surface area contributed by atoms with Crippen LogP contribution in [0, 0.1) is 0 Å². The van der Waals surface area contributed by atoms with Crippen LogP contribution in [-0.4, -0.2) is 72.2 Å². The van der Waals surface area contributed by atoms with Gasteiger partial charge in [-0.2, -0.15) is 0 Å². The highest BCUT2D eigenvalue weighted by Gasteiger charge is 2.33. The first-order valence-corrected chi connectivity index (χ1v) is 19.3. The van der Waals surface area contributed by atoms with Gasteiger partial charge in [0.25, 0.3) is 0 Å². The number of carbonyl (C=O) groups is 6. The van der Waals surface area contributed by atoms with E-state index in [0.717, 1.165) is 16.3 Å². The van der Waals surface area contributed by atoms with Gasteiger partial charge in [-0.15, -0.1) is 0 Å². The zero-order valence-corrected chi connectivity index (χ0v) is 34.6. The average Bonchev–Trinajstić information content (AvgIpc) is 3.17. The molecule has 0 fully saturated rings. The number of hydrogen-bond donors (Lipinski definition) is 4. The summed E-state index contributed by atoms with van der Waals surface area (Å²) in [6, 6.07) is 24.6. The molecule has 0 unspecified atom stereocenters. The fourth-order valence-corrected chi connectivity index (χ4v) is 5.88. The van der Waals surface area contributed by atoms with Gasteiger partial charge in [0.2, 0.25) is 17.7 Å². The Labute approximate surface area is 344 Å². The second kappa shape index (κ2) is 20.8. The Bertz CT molecular complexity index is 2090. The lowest BCUT2D eigenvalue weighted by Gasteiger charge is -2.26. The minimum Gasteiger partial charge on any atom is -0.497 e. The third kappa shape index (κ3) is 15.8. The quantitative estimate of drug-likeness (QED) is 0.0712. The highest BCUT2D eigenvalue weighted by molar-refractivity contribution is 6.00. The molecule has 59 heavy (non-hydrogen) atoms. The van der Waals surface area contributed by atoms with Crippen molar-refractivity contribution >= 4 is 52.2 Å². The van der Waals surface area contributed by atoms with Gasteiger partial charge in [0.05, 0.1) is 13.5 Å². The number of anilines is 1. The second-order valence-electron chi connectivity index (χ2n) is 15.9. The van der Waals surface area contributed by atoms with Gasteiger partial charge in [0.1, 0.15) is 41.7 Å². The molecule has 0 aliphatic rings. The number of benzene rings is 4. The van der Waals surface area contributed by atoms with Crippen LogP contribution in [0.15, 0.2) is 97.1 Å². The maximum absolute atomic E-state index is 14.2. The number of carbonyl (C=O) groups excluding carboxylic acids is 6. The minimum absolute atomic E-state index is 0.0145. The van der Waals surface area contributed by atoms with Crippen molar-refractivity contribution in [3.8, 4) is 5.75 Å². The normalized spacial score (nSPS) is 12.9. The first-order valence-electron chi connectivity index (χ1n) is 19.3. The van der Waals surface area contributed by atoms with Crippen molar-refractivity contribution < 1.29 is 47.7 Å². The maximum atomic E-state index is 14.2. The molecule has 4 amide bonds. The molecule has 0 spiro atoms.